The fourth-order valence-electron chi connectivity index (χ4n) is 2.29. The number of nitrogens with zero attached hydrogens (tertiary/aromatic N) is 4. The number of rotatable bonds is 3. The first-order valence-corrected chi connectivity index (χ1v) is 7.97. The second kappa shape index (κ2) is 5.63. The Morgan fingerprint density at radius 1 is 1.26 bits per heavy atom. The Balaban J connectivity index is 2.12. The summed E-state index contributed by atoms with van der Waals surface area (Å²) in [6, 6.07) is 1.49. The van der Waals surface area contributed by atoms with Gasteiger partial charge in [-0.3, -0.25) is 18.7 Å². The van der Waals surface area contributed by atoms with E-state index in [1.165, 1.54) is 35.6 Å². The van der Waals surface area contributed by atoms with Gasteiger partial charge in [-0.2, -0.15) is 0 Å². The van der Waals surface area contributed by atoms with E-state index >= 15 is 0 Å². The summed E-state index contributed by atoms with van der Waals surface area (Å²) in [5.74, 6) is -0.298. The maximum absolute atomic E-state index is 12.4. The Morgan fingerprint density at radius 2 is 1.96 bits per heavy atom. The van der Waals surface area contributed by atoms with Gasteiger partial charge < -0.3 is 4.57 Å². The van der Waals surface area contributed by atoms with Gasteiger partial charge in [-0.15, -0.1) is 11.3 Å². The molecule has 3 heterocycles. The zero-order valence-electron chi connectivity index (χ0n) is 12.0. The minimum absolute atomic E-state index is 0.128. The van der Waals surface area contributed by atoms with Crippen LogP contribution in [-0.2, 0) is 20.6 Å². The maximum Gasteiger partial charge on any atom is 0.332 e. The Morgan fingerprint density at radius 3 is 2.57 bits per heavy atom. The second-order valence-electron chi connectivity index (χ2n) is 4.91. The molecule has 0 saturated carbocycles. The lowest BCUT2D eigenvalue weighted by molar-refractivity contribution is 0.0974. The number of thiophene rings is 1. The largest absolute Gasteiger partial charge is 0.332 e. The number of hydrogen-bond donors (Lipinski definition) is 0. The van der Waals surface area contributed by atoms with E-state index in [0.29, 0.717) is 14.2 Å². The van der Waals surface area contributed by atoms with Crippen LogP contribution in [0.15, 0.2) is 22.0 Å². The molecule has 0 aromatic carbocycles. The highest BCUT2D eigenvalue weighted by Crippen LogP contribution is 2.31. The summed E-state index contributed by atoms with van der Waals surface area (Å²) in [4.78, 5) is 40.6. The molecule has 0 fully saturated rings. The van der Waals surface area contributed by atoms with Crippen LogP contribution >= 0.6 is 34.5 Å². The molecule has 0 atom stereocenters. The maximum atomic E-state index is 12.4. The molecular formula is C13H10Cl2N4O3S. The molecule has 0 saturated heterocycles. The lowest BCUT2D eigenvalue weighted by Gasteiger charge is -2.06. The van der Waals surface area contributed by atoms with Gasteiger partial charge in [0.15, 0.2) is 16.9 Å². The fourth-order valence-corrected chi connectivity index (χ4v) is 3.79. The highest BCUT2D eigenvalue weighted by atomic mass is 35.5. The molecule has 0 aliphatic heterocycles. The number of carbonyl (C=O) groups is 1. The van der Waals surface area contributed by atoms with Crippen molar-refractivity contribution in [1.29, 1.82) is 0 Å². The first kappa shape index (κ1) is 16.0. The van der Waals surface area contributed by atoms with E-state index in [0.717, 1.165) is 15.9 Å². The third-order valence-corrected chi connectivity index (χ3v) is 4.98. The van der Waals surface area contributed by atoms with Gasteiger partial charge in [-0.05, 0) is 6.07 Å². The van der Waals surface area contributed by atoms with Gasteiger partial charge in [0, 0.05) is 14.1 Å². The second-order valence-corrected chi connectivity index (χ2v) is 7.20. The number of carbonyl (C=O) groups excluding carboxylic acids is 1. The predicted octanol–water partition coefficient (Wildman–Crippen LogP) is 1.68. The number of fused-ring (bicyclic) bond motifs is 1. The number of hydrogen-bond acceptors (Lipinski definition) is 5. The summed E-state index contributed by atoms with van der Waals surface area (Å²) in [6.07, 6.45) is 1.35. The fraction of sp³-hybridized carbons (Fsp3) is 0.231. The molecule has 0 aliphatic rings. The molecule has 0 radical (unpaired) electrons. The normalized spacial score (nSPS) is 11.3. The first-order valence-electron chi connectivity index (χ1n) is 6.40. The number of halogens is 2. The quantitative estimate of drug-likeness (QED) is 0.655. The molecule has 3 aromatic rings. The predicted molar refractivity (Wildman–Crippen MR) is 88.9 cm³/mol. The van der Waals surface area contributed by atoms with Crippen LogP contribution in [0.1, 0.15) is 10.4 Å². The van der Waals surface area contributed by atoms with Gasteiger partial charge >= 0.3 is 5.69 Å². The Kier molecular flexibility index (Phi) is 3.91. The standard InChI is InChI=1S/C13H10Cl2N4O3S/c1-17-11-9(12(21)18(2)13(17)22)19(5-16-11)4-7(20)6-3-8(14)23-10(6)15/h3,5H,4H2,1-2H3. The number of aryl methyl sites for hydroxylation is 1. The van der Waals surface area contributed by atoms with Crippen molar-refractivity contribution >= 4 is 51.5 Å². The number of Topliss-reactive ketones (excluding diaryl/α,β-unsaturated/α-hetero) is 1. The van der Waals surface area contributed by atoms with Crippen LogP contribution in [0.3, 0.4) is 0 Å². The van der Waals surface area contributed by atoms with Crippen LogP contribution in [0.25, 0.3) is 11.2 Å². The van der Waals surface area contributed by atoms with Crippen LogP contribution in [0, 0.1) is 0 Å². The third kappa shape index (κ3) is 2.52. The van der Waals surface area contributed by atoms with Crippen LogP contribution < -0.4 is 11.2 Å². The van der Waals surface area contributed by atoms with E-state index in [9.17, 15) is 14.4 Å². The van der Waals surface area contributed by atoms with Crippen LogP contribution in [0.2, 0.25) is 8.67 Å². The van der Waals surface area contributed by atoms with E-state index in [1.807, 2.05) is 0 Å². The molecule has 10 heteroatoms. The highest BCUT2D eigenvalue weighted by Gasteiger charge is 2.19. The molecule has 0 bridgehead atoms. The summed E-state index contributed by atoms with van der Waals surface area (Å²) in [7, 11) is 2.89. The molecule has 3 aromatic heterocycles. The molecule has 7 nitrogen and oxygen atoms in total. The van der Waals surface area contributed by atoms with Gasteiger partial charge in [0.2, 0.25) is 0 Å². The van der Waals surface area contributed by atoms with Crippen molar-refractivity contribution in [2.24, 2.45) is 14.1 Å². The smallest absolute Gasteiger partial charge is 0.317 e. The lowest BCUT2D eigenvalue weighted by Crippen LogP contribution is -2.37. The molecule has 0 unspecified atom stereocenters. The average molecular weight is 373 g/mol. The van der Waals surface area contributed by atoms with Crippen LogP contribution in [-0.4, -0.2) is 24.5 Å². The Hall–Kier alpha value is -1.90. The monoisotopic (exact) mass is 372 g/mol. The van der Waals surface area contributed by atoms with Crippen LogP contribution in [0.4, 0.5) is 0 Å². The van der Waals surface area contributed by atoms with E-state index in [-0.39, 0.29) is 23.5 Å². The molecule has 0 N–H and O–H groups in total. The van der Waals surface area contributed by atoms with Crippen molar-refractivity contribution in [2.45, 2.75) is 6.54 Å². The summed E-state index contributed by atoms with van der Waals surface area (Å²) in [5, 5.41) is 0. The summed E-state index contributed by atoms with van der Waals surface area (Å²) in [6.45, 7) is -0.128. The topological polar surface area (TPSA) is 78.9 Å². The van der Waals surface area contributed by atoms with Crippen molar-refractivity contribution in [2.75, 3.05) is 0 Å². The molecule has 23 heavy (non-hydrogen) atoms. The van der Waals surface area contributed by atoms with Gasteiger partial charge in [0.1, 0.15) is 4.34 Å². The van der Waals surface area contributed by atoms with Crippen molar-refractivity contribution in [1.82, 2.24) is 18.7 Å². The van der Waals surface area contributed by atoms with E-state index in [4.69, 9.17) is 23.2 Å². The SMILES string of the molecule is Cn1c(=O)c2c(ncn2CC(=O)c2cc(Cl)sc2Cl)n(C)c1=O. The zero-order chi connectivity index (χ0) is 16.9. The van der Waals surface area contributed by atoms with E-state index in [2.05, 4.69) is 4.98 Å². The van der Waals surface area contributed by atoms with Crippen molar-refractivity contribution in [3.8, 4) is 0 Å². The summed E-state index contributed by atoms with van der Waals surface area (Å²) >= 11 is 12.9. The summed E-state index contributed by atoms with van der Waals surface area (Å²) < 4.78 is 4.34. The average Bonchev–Trinajstić information content (AvgIpc) is 3.06. The number of imidazole rings is 1. The van der Waals surface area contributed by atoms with Crippen molar-refractivity contribution in [3.63, 3.8) is 0 Å². The van der Waals surface area contributed by atoms with Crippen molar-refractivity contribution in [3.05, 3.63) is 47.5 Å². The molecule has 0 aliphatic carbocycles. The van der Waals surface area contributed by atoms with Gasteiger partial charge in [0.05, 0.1) is 22.8 Å². The third-order valence-electron chi connectivity index (χ3n) is 3.49. The Bertz CT molecular complexity index is 1060. The van der Waals surface area contributed by atoms with Gasteiger partial charge in [-0.1, -0.05) is 23.2 Å². The van der Waals surface area contributed by atoms with E-state index in [1.54, 1.807) is 0 Å². The molecule has 0 amide bonds. The van der Waals surface area contributed by atoms with Crippen molar-refractivity contribution < 1.29 is 4.79 Å². The molecule has 0 spiro atoms. The van der Waals surface area contributed by atoms with Gasteiger partial charge in [-0.25, -0.2) is 9.78 Å². The molecular weight excluding hydrogens is 363 g/mol. The Labute approximate surface area is 143 Å². The lowest BCUT2D eigenvalue weighted by atomic mass is 10.2. The molecule has 120 valence electrons. The first-order chi connectivity index (χ1) is 10.8. The van der Waals surface area contributed by atoms with Crippen LogP contribution in [0.5, 0.6) is 0 Å². The minimum atomic E-state index is -0.511. The zero-order valence-corrected chi connectivity index (χ0v) is 14.4. The summed E-state index contributed by atoms with van der Waals surface area (Å²) in [5.41, 5.74) is -0.291. The number of aromatic nitrogens is 4. The van der Waals surface area contributed by atoms with E-state index < -0.39 is 11.2 Å². The number of ketones is 1. The highest BCUT2D eigenvalue weighted by molar-refractivity contribution is 7.20. The molecule has 3 rings (SSSR count). The minimum Gasteiger partial charge on any atom is -0.317 e. The van der Waals surface area contributed by atoms with Gasteiger partial charge in [0.25, 0.3) is 5.56 Å².